The Kier molecular flexibility index (Phi) is 6.25. The van der Waals surface area contributed by atoms with Gasteiger partial charge in [0.05, 0.1) is 17.9 Å². The van der Waals surface area contributed by atoms with E-state index in [0.29, 0.717) is 39.9 Å². The number of amides is 2. The van der Waals surface area contributed by atoms with Crippen LogP contribution in [0.1, 0.15) is 29.2 Å². The van der Waals surface area contributed by atoms with Crippen molar-refractivity contribution >= 4 is 40.4 Å². The Bertz CT molecular complexity index is 1280. The summed E-state index contributed by atoms with van der Waals surface area (Å²) in [7, 11) is 0. The van der Waals surface area contributed by atoms with E-state index in [2.05, 4.69) is 5.32 Å². The van der Waals surface area contributed by atoms with Gasteiger partial charge in [0.2, 0.25) is 0 Å². The molecule has 0 spiro atoms. The van der Waals surface area contributed by atoms with Crippen molar-refractivity contribution in [1.82, 2.24) is 0 Å². The highest BCUT2D eigenvalue weighted by Gasteiger charge is 2.41. The maximum atomic E-state index is 13.7. The molecule has 0 aromatic heterocycles. The van der Waals surface area contributed by atoms with Crippen molar-refractivity contribution in [2.24, 2.45) is 0 Å². The Morgan fingerprint density at radius 3 is 2.30 bits per heavy atom. The Balaban J connectivity index is 1.84. The van der Waals surface area contributed by atoms with Gasteiger partial charge in [0.25, 0.3) is 11.8 Å². The van der Waals surface area contributed by atoms with Crippen LogP contribution in [0.15, 0.2) is 66.4 Å². The van der Waals surface area contributed by atoms with Crippen LogP contribution in [0.2, 0.25) is 5.02 Å². The van der Waals surface area contributed by atoms with E-state index < -0.39 is 5.91 Å². The maximum absolute atomic E-state index is 13.7. The molecule has 5 nitrogen and oxygen atoms in total. The molecule has 4 rings (SSSR count). The Hall–Kier alpha value is -3.57. The zero-order valence-electron chi connectivity index (χ0n) is 19.0. The lowest BCUT2D eigenvalue weighted by Gasteiger charge is -2.19. The minimum absolute atomic E-state index is 0.232. The normalized spacial score (nSPS) is 13.7. The Morgan fingerprint density at radius 2 is 1.64 bits per heavy atom. The highest BCUT2D eigenvalue weighted by atomic mass is 35.5. The highest BCUT2D eigenvalue weighted by Crippen LogP contribution is 2.36. The van der Waals surface area contributed by atoms with E-state index in [4.69, 9.17) is 16.3 Å². The summed E-state index contributed by atoms with van der Waals surface area (Å²) in [6.07, 6.45) is 0. The predicted octanol–water partition coefficient (Wildman–Crippen LogP) is 6.06. The first-order chi connectivity index (χ1) is 15.8. The van der Waals surface area contributed by atoms with Gasteiger partial charge < -0.3 is 10.1 Å². The smallest absolute Gasteiger partial charge is 0.282 e. The van der Waals surface area contributed by atoms with Crippen LogP contribution in [0.4, 0.5) is 11.4 Å². The fourth-order valence-electron chi connectivity index (χ4n) is 3.90. The van der Waals surface area contributed by atoms with Crippen LogP contribution in [0.5, 0.6) is 5.75 Å². The van der Waals surface area contributed by atoms with Crippen LogP contribution in [0, 0.1) is 20.8 Å². The number of benzene rings is 3. The molecule has 1 heterocycles. The van der Waals surface area contributed by atoms with Crippen molar-refractivity contribution in [3.63, 3.8) is 0 Å². The Labute approximate surface area is 198 Å². The average Bonchev–Trinajstić information content (AvgIpc) is 3.02. The first-order valence-corrected chi connectivity index (χ1v) is 11.1. The van der Waals surface area contributed by atoms with Crippen LogP contribution in [-0.2, 0) is 9.59 Å². The van der Waals surface area contributed by atoms with Crippen molar-refractivity contribution in [1.29, 1.82) is 0 Å². The number of nitrogens with zero attached hydrogens (tertiary/aromatic N) is 1. The number of nitrogens with one attached hydrogen (secondary N) is 1. The van der Waals surface area contributed by atoms with Crippen molar-refractivity contribution in [3.8, 4) is 5.75 Å². The minimum Gasteiger partial charge on any atom is -0.494 e. The van der Waals surface area contributed by atoms with E-state index in [1.54, 1.807) is 42.5 Å². The third-order valence-electron chi connectivity index (χ3n) is 5.80. The number of aryl methyl sites for hydroxylation is 2. The van der Waals surface area contributed by atoms with Crippen molar-refractivity contribution in [2.45, 2.75) is 27.7 Å². The molecule has 0 atom stereocenters. The average molecular weight is 461 g/mol. The van der Waals surface area contributed by atoms with Gasteiger partial charge >= 0.3 is 0 Å². The second kappa shape index (κ2) is 9.12. The zero-order valence-corrected chi connectivity index (χ0v) is 19.8. The largest absolute Gasteiger partial charge is 0.494 e. The second-order valence-corrected chi connectivity index (χ2v) is 8.39. The summed E-state index contributed by atoms with van der Waals surface area (Å²) in [4.78, 5) is 28.6. The number of carbonyl (C=O) groups is 2. The van der Waals surface area contributed by atoms with E-state index >= 15 is 0 Å². The Morgan fingerprint density at radius 1 is 0.909 bits per heavy atom. The molecule has 3 aromatic rings. The van der Waals surface area contributed by atoms with E-state index in [9.17, 15) is 9.59 Å². The van der Waals surface area contributed by atoms with Crippen molar-refractivity contribution in [3.05, 3.63) is 93.6 Å². The molecule has 0 saturated heterocycles. The molecule has 0 unspecified atom stereocenters. The molecule has 0 aliphatic carbocycles. The molecule has 0 bridgehead atoms. The van der Waals surface area contributed by atoms with Gasteiger partial charge in [-0.1, -0.05) is 35.9 Å². The van der Waals surface area contributed by atoms with Gasteiger partial charge in [-0.3, -0.25) is 9.59 Å². The molecule has 33 heavy (non-hydrogen) atoms. The van der Waals surface area contributed by atoms with E-state index in [0.717, 1.165) is 16.7 Å². The number of ether oxygens (including phenoxy) is 1. The quantitative estimate of drug-likeness (QED) is 0.454. The minimum atomic E-state index is -0.396. The van der Waals surface area contributed by atoms with Crippen LogP contribution in [0.25, 0.3) is 5.57 Å². The number of halogens is 1. The molecule has 168 valence electrons. The fraction of sp³-hybridized carbons (Fsp3) is 0.185. The summed E-state index contributed by atoms with van der Waals surface area (Å²) >= 11 is 6.10. The SMILES string of the molecule is CCOc1ccc(C2=C(Nc3ccc(Cl)cc3C)C(=O)N(c3cccc(C)c3C)C2=O)cc1. The van der Waals surface area contributed by atoms with E-state index in [-0.39, 0.29) is 11.6 Å². The number of carbonyl (C=O) groups excluding carboxylic acids is 2. The molecule has 0 fully saturated rings. The molecular weight excluding hydrogens is 436 g/mol. The lowest BCUT2D eigenvalue weighted by molar-refractivity contribution is -0.120. The first-order valence-electron chi connectivity index (χ1n) is 10.8. The molecular formula is C27H25ClN2O3. The molecule has 2 amide bonds. The van der Waals surface area contributed by atoms with Gasteiger partial charge in [0, 0.05) is 10.7 Å². The second-order valence-electron chi connectivity index (χ2n) is 7.96. The molecule has 0 saturated carbocycles. The molecule has 3 aromatic carbocycles. The number of hydrogen-bond donors (Lipinski definition) is 1. The van der Waals surface area contributed by atoms with Crippen LogP contribution >= 0.6 is 11.6 Å². The zero-order chi connectivity index (χ0) is 23.7. The van der Waals surface area contributed by atoms with Gasteiger partial charge in [-0.25, -0.2) is 4.90 Å². The summed E-state index contributed by atoms with van der Waals surface area (Å²) < 4.78 is 5.53. The first kappa shape index (κ1) is 22.6. The standard InChI is InChI=1S/C27H25ClN2O3/c1-5-33-21-12-9-19(10-13-21)24-25(29-22-14-11-20(28)15-17(22)3)27(32)30(26(24)31)23-8-6-7-16(2)18(23)4/h6-15,29H,5H2,1-4H3. The van der Waals surface area contributed by atoms with Crippen LogP contribution in [0.3, 0.4) is 0 Å². The molecule has 1 aliphatic rings. The van der Waals surface area contributed by atoms with E-state index in [1.165, 1.54) is 4.90 Å². The summed E-state index contributed by atoms with van der Waals surface area (Å²) in [5.74, 6) is -0.0630. The highest BCUT2D eigenvalue weighted by molar-refractivity contribution is 6.46. The van der Waals surface area contributed by atoms with Gasteiger partial charge in [-0.05, 0) is 86.3 Å². The lowest BCUT2D eigenvalue weighted by atomic mass is 10.0. The molecule has 6 heteroatoms. The van der Waals surface area contributed by atoms with Gasteiger partial charge in [-0.15, -0.1) is 0 Å². The maximum Gasteiger partial charge on any atom is 0.282 e. The lowest BCUT2D eigenvalue weighted by Crippen LogP contribution is -2.33. The van der Waals surface area contributed by atoms with Gasteiger partial charge in [-0.2, -0.15) is 0 Å². The molecule has 1 N–H and O–H groups in total. The van der Waals surface area contributed by atoms with Gasteiger partial charge in [0.1, 0.15) is 11.4 Å². The fourth-order valence-corrected chi connectivity index (χ4v) is 4.12. The predicted molar refractivity (Wildman–Crippen MR) is 133 cm³/mol. The summed E-state index contributed by atoms with van der Waals surface area (Å²) in [5, 5.41) is 3.82. The summed E-state index contributed by atoms with van der Waals surface area (Å²) in [5.41, 5.74) is 5.23. The molecule has 1 aliphatic heterocycles. The van der Waals surface area contributed by atoms with Gasteiger partial charge in [0.15, 0.2) is 0 Å². The summed E-state index contributed by atoms with van der Waals surface area (Å²) in [6, 6.07) is 18.2. The van der Waals surface area contributed by atoms with Crippen molar-refractivity contribution < 1.29 is 14.3 Å². The molecule has 0 radical (unpaired) electrons. The monoisotopic (exact) mass is 460 g/mol. The third kappa shape index (κ3) is 4.24. The summed E-state index contributed by atoms with van der Waals surface area (Å²) in [6.45, 7) is 8.23. The number of imide groups is 1. The van der Waals surface area contributed by atoms with Crippen LogP contribution < -0.4 is 15.0 Å². The number of hydrogen-bond acceptors (Lipinski definition) is 4. The number of anilines is 2. The third-order valence-corrected chi connectivity index (χ3v) is 6.04. The van der Waals surface area contributed by atoms with Crippen molar-refractivity contribution in [2.75, 3.05) is 16.8 Å². The topological polar surface area (TPSA) is 58.6 Å². The van der Waals surface area contributed by atoms with Crippen LogP contribution in [-0.4, -0.2) is 18.4 Å². The number of rotatable bonds is 6. The van der Waals surface area contributed by atoms with E-state index in [1.807, 2.05) is 45.9 Å².